The van der Waals surface area contributed by atoms with E-state index < -0.39 is 0 Å². The molecular weight excluding hydrogens is 276 g/mol. The van der Waals surface area contributed by atoms with Crippen LogP contribution < -0.4 is 15.2 Å². The van der Waals surface area contributed by atoms with Gasteiger partial charge >= 0.3 is 0 Å². The van der Waals surface area contributed by atoms with E-state index in [4.69, 9.17) is 26.8 Å². The number of aromatic nitrogens is 1. The minimum Gasteiger partial charge on any atom is -0.493 e. The first-order valence-corrected chi connectivity index (χ1v) is 6.60. The van der Waals surface area contributed by atoms with E-state index in [0.717, 1.165) is 11.1 Å². The summed E-state index contributed by atoms with van der Waals surface area (Å²) in [4.78, 5) is 3.97. The zero-order valence-electron chi connectivity index (χ0n) is 11.5. The first kappa shape index (κ1) is 14.6. The van der Waals surface area contributed by atoms with E-state index in [1.165, 1.54) is 0 Å². The fourth-order valence-electron chi connectivity index (χ4n) is 2.12. The maximum Gasteiger partial charge on any atom is 0.165 e. The van der Waals surface area contributed by atoms with Crippen LogP contribution in [0, 0.1) is 0 Å². The van der Waals surface area contributed by atoms with Gasteiger partial charge in [-0.3, -0.25) is 4.98 Å². The minimum atomic E-state index is -0.236. The van der Waals surface area contributed by atoms with Crippen LogP contribution in [0.15, 0.2) is 36.7 Å². The van der Waals surface area contributed by atoms with Crippen LogP contribution in [0.2, 0.25) is 5.02 Å². The summed E-state index contributed by atoms with van der Waals surface area (Å²) in [5.74, 6) is 1.33. The van der Waals surface area contributed by atoms with E-state index in [9.17, 15) is 0 Å². The molecule has 0 aliphatic rings. The predicted octanol–water partition coefficient (Wildman–Crippen LogP) is 2.99. The van der Waals surface area contributed by atoms with Crippen LogP contribution >= 0.6 is 11.6 Å². The fraction of sp³-hybridized carbons (Fsp3) is 0.267. The van der Waals surface area contributed by atoms with E-state index in [1.807, 2.05) is 24.3 Å². The molecule has 1 heterocycles. The molecule has 0 aliphatic carbocycles. The van der Waals surface area contributed by atoms with Gasteiger partial charge in [-0.05, 0) is 24.1 Å². The molecule has 0 radical (unpaired) electrons. The minimum absolute atomic E-state index is 0.236. The van der Waals surface area contributed by atoms with Crippen LogP contribution in [0.3, 0.4) is 0 Å². The molecule has 1 aromatic heterocycles. The molecule has 2 N–H and O–H groups in total. The number of methoxy groups -OCH3 is 2. The van der Waals surface area contributed by atoms with Gasteiger partial charge in [0.1, 0.15) is 0 Å². The van der Waals surface area contributed by atoms with Crippen LogP contribution in [0.4, 0.5) is 0 Å². The Morgan fingerprint density at radius 3 is 2.70 bits per heavy atom. The van der Waals surface area contributed by atoms with Gasteiger partial charge in [-0.15, -0.1) is 0 Å². The highest BCUT2D eigenvalue weighted by atomic mass is 35.5. The molecule has 2 aromatic rings. The lowest BCUT2D eigenvalue weighted by Gasteiger charge is -2.18. The van der Waals surface area contributed by atoms with Gasteiger partial charge in [0.25, 0.3) is 0 Å². The number of nitrogens with zero attached hydrogens (tertiary/aromatic N) is 1. The first-order chi connectivity index (χ1) is 9.67. The molecule has 20 heavy (non-hydrogen) atoms. The van der Waals surface area contributed by atoms with Crippen LogP contribution in [0.25, 0.3) is 0 Å². The summed E-state index contributed by atoms with van der Waals surface area (Å²) in [5, 5.41) is 0.616. The quantitative estimate of drug-likeness (QED) is 0.920. The van der Waals surface area contributed by atoms with Gasteiger partial charge in [-0.25, -0.2) is 0 Å². The third kappa shape index (κ3) is 3.03. The van der Waals surface area contributed by atoms with Gasteiger partial charge in [0.2, 0.25) is 0 Å². The Hall–Kier alpha value is -1.78. The summed E-state index contributed by atoms with van der Waals surface area (Å²) in [5.41, 5.74) is 8.13. The molecule has 4 nitrogen and oxygen atoms in total. The molecule has 0 saturated carbocycles. The average molecular weight is 293 g/mol. The van der Waals surface area contributed by atoms with Gasteiger partial charge in [0.05, 0.1) is 19.2 Å². The predicted molar refractivity (Wildman–Crippen MR) is 79.4 cm³/mol. The van der Waals surface area contributed by atoms with Gasteiger partial charge in [0.15, 0.2) is 11.5 Å². The molecule has 0 fully saturated rings. The average Bonchev–Trinajstić information content (AvgIpc) is 2.48. The second kappa shape index (κ2) is 6.59. The number of halogens is 1. The monoisotopic (exact) mass is 292 g/mol. The topological polar surface area (TPSA) is 57.4 Å². The fourth-order valence-corrected chi connectivity index (χ4v) is 2.32. The Morgan fingerprint density at radius 1 is 1.25 bits per heavy atom. The lowest BCUT2D eigenvalue weighted by atomic mass is 9.99. The van der Waals surface area contributed by atoms with Crippen molar-refractivity contribution in [3.05, 3.63) is 52.8 Å². The van der Waals surface area contributed by atoms with Gasteiger partial charge in [-0.1, -0.05) is 23.7 Å². The maximum atomic E-state index is 6.28. The highest BCUT2D eigenvalue weighted by Crippen LogP contribution is 2.35. The number of pyridine rings is 1. The van der Waals surface area contributed by atoms with Crippen molar-refractivity contribution < 1.29 is 9.47 Å². The van der Waals surface area contributed by atoms with Crippen molar-refractivity contribution in [3.8, 4) is 11.5 Å². The standard InChI is InChI=1S/C15H17ClN2O2/c1-19-14-5-3-4-11(15(14)20-2)13(17)8-10-6-7-18-9-12(10)16/h3-7,9,13H,8,17H2,1-2H3. The lowest BCUT2D eigenvalue weighted by molar-refractivity contribution is 0.349. The highest BCUT2D eigenvalue weighted by molar-refractivity contribution is 6.31. The van der Waals surface area contributed by atoms with Crippen LogP contribution in [-0.4, -0.2) is 19.2 Å². The van der Waals surface area contributed by atoms with Crippen molar-refractivity contribution in [3.63, 3.8) is 0 Å². The molecule has 5 heteroatoms. The number of nitrogens with two attached hydrogens (primary N) is 1. The summed E-state index contributed by atoms with van der Waals surface area (Å²) < 4.78 is 10.7. The maximum absolute atomic E-state index is 6.28. The SMILES string of the molecule is COc1cccc(C(N)Cc2ccncc2Cl)c1OC. The van der Waals surface area contributed by atoms with Crippen molar-refractivity contribution >= 4 is 11.6 Å². The van der Waals surface area contributed by atoms with Gasteiger partial charge in [0, 0.05) is 24.0 Å². The summed E-state index contributed by atoms with van der Waals surface area (Å²) in [6.07, 6.45) is 3.92. The van der Waals surface area contributed by atoms with Crippen molar-refractivity contribution in [2.75, 3.05) is 14.2 Å². The van der Waals surface area contributed by atoms with E-state index in [0.29, 0.717) is 22.9 Å². The third-order valence-corrected chi connectivity index (χ3v) is 3.47. The van der Waals surface area contributed by atoms with Crippen molar-refractivity contribution in [2.45, 2.75) is 12.5 Å². The Labute approximate surface area is 123 Å². The molecule has 1 aromatic carbocycles. The summed E-state index contributed by atoms with van der Waals surface area (Å²) in [6, 6.07) is 7.30. The molecule has 1 atom stereocenters. The number of hydrogen-bond acceptors (Lipinski definition) is 4. The zero-order chi connectivity index (χ0) is 14.5. The summed E-state index contributed by atoms with van der Waals surface area (Å²) in [6.45, 7) is 0. The van der Waals surface area contributed by atoms with E-state index in [2.05, 4.69) is 4.98 Å². The van der Waals surface area contributed by atoms with Crippen LogP contribution in [0.5, 0.6) is 11.5 Å². The molecular formula is C15H17ClN2O2. The summed E-state index contributed by atoms with van der Waals surface area (Å²) >= 11 is 6.11. The van der Waals surface area contributed by atoms with Crippen LogP contribution in [0.1, 0.15) is 17.2 Å². The normalized spacial score (nSPS) is 12.0. The lowest BCUT2D eigenvalue weighted by Crippen LogP contribution is -2.15. The molecule has 2 rings (SSSR count). The number of benzene rings is 1. The van der Waals surface area contributed by atoms with Crippen LogP contribution in [-0.2, 0) is 6.42 Å². The Balaban J connectivity index is 2.30. The van der Waals surface area contributed by atoms with Gasteiger partial charge in [-0.2, -0.15) is 0 Å². The number of ether oxygens (including phenoxy) is 2. The number of para-hydroxylation sites is 1. The molecule has 0 bridgehead atoms. The largest absolute Gasteiger partial charge is 0.493 e. The van der Waals surface area contributed by atoms with E-state index in [-0.39, 0.29) is 6.04 Å². The van der Waals surface area contributed by atoms with Crippen molar-refractivity contribution in [2.24, 2.45) is 5.73 Å². The Morgan fingerprint density at radius 2 is 2.05 bits per heavy atom. The molecule has 0 spiro atoms. The third-order valence-electron chi connectivity index (χ3n) is 3.13. The molecule has 0 amide bonds. The zero-order valence-corrected chi connectivity index (χ0v) is 12.2. The molecule has 0 saturated heterocycles. The van der Waals surface area contributed by atoms with E-state index in [1.54, 1.807) is 26.6 Å². The Bertz CT molecular complexity index is 590. The summed E-state index contributed by atoms with van der Waals surface area (Å²) in [7, 11) is 3.21. The smallest absolute Gasteiger partial charge is 0.165 e. The highest BCUT2D eigenvalue weighted by Gasteiger charge is 2.17. The second-order valence-electron chi connectivity index (χ2n) is 4.36. The molecule has 106 valence electrons. The molecule has 0 aliphatic heterocycles. The first-order valence-electron chi connectivity index (χ1n) is 6.22. The van der Waals surface area contributed by atoms with Crippen molar-refractivity contribution in [1.82, 2.24) is 4.98 Å². The number of hydrogen-bond donors (Lipinski definition) is 1. The second-order valence-corrected chi connectivity index (χ2v) is 4.77. The van der Waals surface area contributed by atoms with Gasteiger partial charge < -0.3 is 15.2 Å². The number of rotatable bonds is 5. The van der Waals surface area contributed by atoms with E-state index >= 15 is 0 Å². The molecule has 1 unspecified atom stereocenters. The Kier molecular flexibility index (Phi) is 4.82. The van der Waals surface area contributed by atoms with Crippen molar-refractivity contribution in [1.29, 1.82) is 0 Å².